The van der Waals surface area contributed by atoms with Crippen molar-refractivity contribution in [3.8, 4) is 0 Å². The van der Waals surface area contributed by atoms with Crippen molar-refractivity contribution < 1.29 is 22.0 Å². The van der Waals surface area contributed by atoms with E-state index in [2.05, 4.69) is 36.1 Å². The smallest absolute Gasteiger partial charge is 0.289 e. The largest absolute Gasteiger partial charge is 0.444 e. The number of furan rings is 1. The summed E-state index contributed by atoms with van der Waals surface area (Å²) in [4.78, 5) is 23.5. The fourth-order valence-corrected chi connectivity index (χ4v) is 7.67. The molecule has 1 atom stereocenters. The molecule has 9 nitrogen and oxygen atoms in total. The highest BCUT2D eigenvalue weighted by Gasteiger charge is 2.43. The van der Waals surface area contributed by atoms with Gasteiger partial charge in [-0.15, -0.1) is 0 Å². The van der Waals surface area contributed by atoms with Crippen LogP contribution < -0.4 is 0 Å². The van der Waals surface area contributed by atoms with E-state index in [9.17, 15) is 13.2 Å². The first kappa shape index (κ1) is 23.9. The van der Waals surface area contributed by atoms with Gasteiger partial charge in [0.2, 0.25) is 0 Å². The lowest BCUT2D eigenvalue weighted by molar-refractivity contribution is 0.0693. The molecule has 1 amide bonds. The van der Waals surface area contributed by atoms with Gasteiger partial charge < -0.3 is 9.32 Å². The first-order chi connectivity index (χ1) is 16.7. The summed E-state index contributed by atoms with van der Waals surface area (Å²) in [6.07, 6.45) is 5.28. The number of amides is 1. The third-order valence-electron chi connectivity index (χ3n) is 5.83. The molecule has 3 aromatic heterocycles. The predicted octanol–water partition coefficient (Wildman–Crippen LogP) is 3.59. The topological polar surface area (TPSA) is 122 Å². The second-order valence-corrected chi connectivity index (χ2v) is 13.1. The predicted molar refractivity (Wildman–Crippen MR) is 130 cm³/mol. The van der Waals surface area contributed by atoms with Crippen molar-refractivity contribution in [1.82, 2.24) is 25.1 Å². The Morgan fingerprint density at radius 2 is 2.00 bits per heavy atom. The summed E-state index contributed by atoms with van der Waals surface area (Å²) in [7, 11) is -4.41. The molecule has 0 spiro atoms. The molecule has 1 aliphatic heterocycles. The summed E-state index contributed by atoms with van der Waals surface area (Å²) >= 11 is 3.22. The number of halogens is 2. The molecule has 182 valence electrons. The lowest BCUT2D eigenvalue weighted by Gasteiger charge is -2.30. The van der Waals surface area contributed by atoms with Crippen LogP contribution in [0.5, 0.6) is 0 Å². The highest BCUT2D eigenvalue weighted by atomic mass is 79.9. The lowest BCUT2D eigenvalue weighted by Crippen LogP contribution is -2.42. The van der Waals surface area contributed by atoms with E-state index >= 15 is 4.39 Å². The quantitative estimate of drug-likeness (QED) is 0.282. The first-order valence-electron chi connectivity index (χ1n) is 10.6. The van der Waals surface area contributed by atoms with Crippen molar-refractivity contribution >= 4 is 53.6 Å². The van der Waals surface area contributed by atoms with Gasteiger partial charge in [-0.2, -0.15) is 10.1 Å². The number of nitrogens with zero attached hydrogens (tertiary/aromatic N) is 4. The maximum atomic E-state index is 15.4. The molecule has 0 radical (unpaired) electrons. The van der Waals surface area contributed by atoms with Gasteiger partial charge in [0.15, 0.2) is 36.6 Å². The highest BCUT2D eigenvalue weighted by molar-refractivity contribution is 9.10. The van der Waals surface area contributed by atoms with E-state index in [1.54, 1.807) is 23.2 Å². The summed E-state index contributed by atoms with van der Waals surface area (Å²) in [6, 6.07) is 7.31. The van der Waals surface area contributed by atoms with Crippen molar-refractivity contribution in [2.45, 2.75) is 32.9 Å². The normalized spacial score (nSPS) is 16.0. The van der Waals surface area contributed by atoms with Gasteiger partial charge in [-0.25, -0.2) is 17.8 Å². The fourth-order valence-electron chi connectivity index (χ4n) is 4.13. The van der Waals surface area contributed by atoms with Crippen LogP contribution in [-0.4, -0.2) is 64.0 Å². The molecule has 0 aliphatic carbocycles. The Hall–Kier alpha value is -2.77. The van der Waals surface area contributed by atoms with Crippen LogP contribution in [0.25, 0.3) is 11.0 Å². The average molecular weight is 581 g/mol. The molecule has 4 heterocycles. The minimum Gasteiger partial charge on any atom is -0.444 e. The monoisotopic (exact) mass is 580 g/mol. The Morgan fingerprint density at radius 1 is 1.23 bits per heavy atom. The van der Waals surface area contributed by atoms with Crippen LogP contribution in [0.15, 0.2) is 66.8 Å². The molecule has 1 N–H and O–H groups in total. The number of aromatic nitrogens is 4. The van der Waals surface area contributed by atoms with Gasteiger partial charge in [-0.1, -0.05) is 0 Å². The number of H-pyrrole nitrogens is 1. The molecular formula is C22H20BrFN5O4S2+. The van der Waals surface area contributed by atoms with Crippen LogP contribution in [0.1, 0.15) is 23.4 Å². The molecule has 1 fully saturated rings. The zero-order valence-electron chi connectivity index (χ0n) is 18.4. The molecule has 1 unspecified atom stereocenters. The molecule has 5 rings (SSSR count). The Balaban J connectivity index is 1.50. The van der Waals surface area contributed by atoms with Crippen molar-refractivity contribution in [2.75, 3.05) is 19.3 Å². The number of fused-ring (bicyclic) bond motifs is 1. The summed E-state index contributed by atoms with van der Waals surface area (Å²) < 4.78 is 45.2. The Labute approximate surface area is 211 Å². The maximum absolute atomic E-state index is 15.4. The van der Waals surface area contributed by atoms with E-state index in [1.807, 2.05) is 0 Å². The standard InChI is InChI=1S/C22H20BrFN5O4S2/c1-35(31,32)14-2-4-18(16(24)10-14)34(21-15-11-27-28-20(15)25-12-26-21)13-6-8-29(9-7-13)22(30)17-3-5-19(23)33-17/h2-5,10-13H,6-9H2,1H3,(H,25,26,27,28)/q+1. The number of carbonyl (C=O) groups excluding carboxylic acids is 1. The molecule has 1 aliphatic rings. The van der Waals surface area contributed by atoms with E-state index in [0.717, 1.165) is 12.3 Å². The third kappa shape index (κ3) is 4.71. The van der Waals surface area contributed by atoms with Crippen molar-refractivity contribution in [1.29, 1.82) is 0 Å². The Bertz CT molecular complexity index is 1520. The van der Waals surface area contributed by atoms with E-state index in [0.29, 0.717) is 51.6 Å². The van der Waals surface area contributed by atoms with Gasteiger partial charge in [0.25, 0.3) is 10.9 Å². The minimum atomic E-state index is -3.56. The third-order valence-corrected chi connectivity index (χ3v) is 10.1. The van der Waals surface area contributed by atoms with Crippen molar-refractivity contribution in [3.63, 3.8) is 0 Å². The molecule has 1 saturated heterocycles. The number of rotatable bonds is 5. The highest BCUT2D eigenvalue weighted by Crippen LogP contribution is 2.37. The summed E-state index contributed by atoms with van der Waals surface area (Å²) in [5.41, 5.74) is 0.539. The van der Waals surface area contributed by atoms with Crippen molar-refractivity contribution in [2.24, 2.45) is 0 Å². The number of likely N-dealkylation sites (tertiary alicyclic amines) is 1. The van der Waals surface area contributed by atoms with Crippen LogP contribution >= 0.6 is 15.9 Å². The second kappa shape index (κ2) is 9.36. The number of aromatic amines is 1. The van der Waals surface area contributed by atoms with E-state index < -0.39 is 26.5 Å². The molecule has 4 aromatic rings. The van der Waals surface area contributed by atoms with Crippen LogP contribution in [0.3, 0.4) is 0 Å². The van der Waals surface area contributed by atoms with E-state index in [4.69, 9.17) is 4.42 Å². The number of hydrogen-bond acceptors (Lipinski definition) is 7. The zero-order chi connectivity index (χ0) is 24.7. The van der Waals surface area contributed by atoms with Crippen molar-refractivity contribution in [3.05, 3.63) is 59.1 Å². The van der Waals surface area contributed by atoms with Crippen LogP contribution in [0.2, 0.25) is 0 Å². The molecule has 1 aromatic carbocycles. The zero-order valence-corrected chi connectivity index (χ0v) is 21.7. The second-order valence-electron chi connectivity index (χ2n) is 8.11. The number of carbonyl (C=O) groups is 1. The van der Waals surface area contributed by atoms with Gasteiger partial charge in [0.1, 0.15) is 17.0 Å². The molecule has 0 saturated carbocycles. The molecule has 0 bridgehead atoms. The van der Waals surface area contributed by atoms with Crippen LogP contribution in [0.4, 0.5) is 4.39 Å². The Morgan fingerprint density at radius 3 is 2.66 bits per heavy atom. The lowest BCUT2D eigenvalue weighted by atomic mass is 10.1. The van der Waals surface area contributed by atoms with Gasteiger partial charge in [-0.05, 0) is 46.3 Å². The number of sulfone groups is 1. The van der Waals surface area contributed by atoms with Gasteiger partial charge >= 0.3 is 0 Å². The van der Waals surface area contributed by atoms with E-state index in [1.165, 1.54) is 18.5 Å². The number of piperidine rings is 1. The Kier molecular flexibility index (Phi) is 6.40. The van der Waals surface area contributed by atoms with Crippen LogP contribution in [0, 0.1) is 5.82 Å². The van der Waals surface area contributed by atoms with Gasteiger partial charge in [-0.3, -0.25) is 9.89 Å². The fraction of sp³-hybridized carbons (Fsp3) is 0.273. The van der Waals surface area contributed by atoms with Crippen LogP contribution in [-0.2, 0) is 20.7 Å². The number of benzene rings is 1. The molecule has 35 heavy (non-hydrogen) atoms. The van der Waals surface area contributed by atoms with Gasteiger partial charge in [0.05, 0.1) is 22.0 Å². The summed E-state index contributed by atoms with van der Waals surface area (Å²) in [5, 5.41) is 8.16. The molecule has 13 heteroatoms. The minimum absolute atomic E-state index is 0.0334. The SMILES string of the molecule is CS(=O)(=O)c1ccc([S+](c2ncnc3[nH]ncc23)C2CCN(C(=O)c3ccc(Br)o3)CC2)c(F)c1. The van der Waals surface area contributed by atoms with E-state index in [-0.39, 0.29) is 21.8 Å². The maximum Gasteiger partial charge on any atom is 0.289 e. The first-order valence-corrected chi connectivity index (χ1v) is 14.6. The molecular weight excluding hydrogens is 561 g/mol. The average Bonchev–Trinajstić information content (AvgIpc) is 3.49. The summed E-state index contributed by atoms with van der Waals surface area (Å²) in [6.45, 7) is 0.932. The summed E-state index contributed by atoms with van der Waals surface area (Å²) in [5.74, 6) is -0.546. The van der Waals surface area contributed by atoms with Gasteiger partial charge in [0, 0.05) is 32.2 Å². The number of nitrogens with one attached hydrogen (secondary N) is 1. The number of hydrogen-bond donors (Lipinski definition) is 1.